The van der Waals surface area contributed by atoms with Gasteiger partial charge in [-0.3, -0.25) is 9.79 Å². The monoisotopic (exact) mass is 379 g/mol. The summed E-state index contributed by atoms with van der Waals surface area (Å²) in [6, 6.07) is 12.2. The molecular weight excluding hydrogens is 354 g/mol. The van der Waals surface area contributed by atoms with Crippen LogP contribution in [0.15, 0.2) is 41.4 Å². The van der Waals surface area contributed by atoms with Gasteiger partial charge in [-0.05, 0) is 49.8 Å². The van der Waals surface area contributed by atoms with E-state index in [4.69, 9.17) is 14.5 Å². The number of nitrogens with one attached hydrogen (secondary N) is 1. The van der Waals surface area contributed by atoms with E-state index in [9.17, 15) is 4.79 Å². The largest absolute Gasteiger partial charge is 0.493 e. The van der Waals surface area contributed by atoms with Crippen LogP contribution in [0.25, 0.3) is 0 Å². The highest BCUT2D eigenvalue weighted by atomic mass is 16.5. The predicted molar refractivity (Wildman–Crippen MR) is 110 cm³/mol. The minimum atomic E-state index is 0.254. The van der Waals surface area contributed by atoms with Gasteiger partial charge < -0.3 is 19.7 Å². The maximum Gasteiger partial charge on any atom is 0.211 e. The zero-order chi connectivity index (χ0) is 19.7. The Morgan fingerprint density at radius 1 is 1.14 bits per heavy atom. The zero-order valence-corrected chi connectivity index (χ0v) is 16.4. The highest BCUT2D eigenvalue weighted by Gasteiger charge is 2.36. The van der Waals surface area contributed by atoms with Gasteiger partial charge >= 0.3 is 0 Å². The number of likely N-dealkylation sites (tertiary alicyclic amines) is 1. The number of nitrogens with zero attached hydrogens (tertiary/aromatic N) is 2. The van der Waals surface area contributed by atoms with E-state index in [2.05, 4.69) is 23.3 Å². The van der Waals surface area contributed by atoms with Crippen LogP contribution in [0.3, 0.4) is 0 Å². The maximum atomic E-state index is 10.7. The second-order valence-corrected chi connectivity index (χ2v) is 7.34. The highest BCUT2D eigenvalue weighted by Crippen LogP contribution is 2.42. The fourth-order valence-corrected chi connectivity index (χ4v) is 4.23. The summed E-state index contributed by atoms with van der Waals surface area (Å²) < 4.78 is 11.1. The number of aliphatic imine (C=N–C) groups is 1. The van der Waals surface area contributed by atoms with Gasteiger partial charge in [-0.1, -0.05) is 12.1 Å². The van der Waals surface area contributed by atoms with Crippen molar-refractivity contribution in [2.45, 2.75) is 18.4 Å². The molecular formula is C22H25N3O3. The van der Waals surface area contributed by atoms with E-state index in [1.807, 2.05) is 30.3 Å². The van der Waals surface area contributed by atoms with Crippen molar-refractivity contribution in [1.29, 1.82) is 0 Å². The Morgan fingerprint density at radius 2 is 1.86 bits per heavy atom. The number of piperidine rings is 1. The lowest BCUT2D eigenvalue weighted by Gasteiger charge is -2.39. The summed E-state index contributed by atoms with van der Waals surface area (Å²) in [6.45, 7) is 2.02. The summed E-state index contributed by atoms with van der Waals surface area (Å²) in [5.74, 6) is 1.80. The van der Waals surface area contributed by atoms with Crippen molar-refractivity contribution in [3.05, 3.63) is 53.1 Å². The second-order valence-electron chi connectivity index (χ2n) is 7.34. The van der Waals surface area contributed by atoms with Gasteiger partial charge in [0, 0.05) is 29.3 Å². The van der Waals surface area contributed by atoms with E-state index >= 15 is 0 Å². The molecule has 146 valence electrons. The normalized spacial score (nSPS) is 21.2. The summed E-state index contributed by atoms with van der Waals surface area (Å²) in [5, 5.41) is 2.68. The first kappa shape index (κ1) is 18.5. The van der Waals surface area contributed by atoms with Gasteiger partial charge in [-0.15, -0.1) is 0 Å². The van der Waals surface area contributed by atoms with Gasteiger partial charge in [0.15, 0.2) is 11.5 Å². The van der Waals surface area contributed by atoms with Crippen LogP contribution in [0.2, 0.25) is 0 Å². The standard InChI is InChI=1S/C22H25N3O3/c1-25-9-8-19-18(12-25)16-10-20(27-2)21(28-3)11-17(16)22(24-19)14-4-6-15(7-5-14)23-13-26/h4-7,10-11,13,18-19H,8-9,12H2,1-3H3,(H,23,26)/t18-,19-/m1/s1. The summed E-state index contributed by atoms with van der Waals surface area (Å²) in [7, 11) is 5.49. The smallest absolute Gasteiger partial charge is 0.211 e. The number of fused-ring (bicyclic) bond motifs is 3. The molecule has 1 amide bonds. The number of amides is 1. The number of rotatable bonds is 5. The fraction of sp³-hybridized carbons (Fsp3) is 0.364. The van der Waals surface area contributed by atoms with E-state index in [-0.39, 0.29) is 6.04 Å². The van der Waals surface area contributed by atoms with E-state index < -0.39 is 0 Å². The quantitative estimate of drug-likeness (QED) is 0.812. The molecule has 2 aliphatic heterocycles. The topological polar surface area (TPSA) is 63.2 Å². The number of carbonyl (C=O) groups is 1. The van der Waals surface area contributed by atoms with E-state index in [0.717, 1.165) is 47.8 Å². The Hall–Kier alpha value is -2.86. The first-order chi connectivity index (χ1) is 13.6. The minimum Gasteiger partial charge on any atom is -0.493 e. The number of methoxy groups -OCH3 is 2. The number of likely N-dealkylation sites (N-methyl/N-ethyl adjacent to an activating group) is 1. The number of hydrogen-bond donors (Lipinski definition) is 1. The molecule has 2 aliphatic rings. The van der Waals surface area contributed by atoms with Gasteiger partial charge in [0.1, 0.15) is 0 Å². The van der Waals surface area contributed by atoms with Gasteiger partial charge in [-0.25, -0.2) is 0 Å². The van der Waals surface area contributed by atoms with Gasteiger partial charge in [0.25, 0.3) is 0 Å². The van der Waals surface area contributed by atoms with Gasteiger partial charge in [-0.2, -0.15) is 0 Å². The van der Waals surface area contributed by atoms with Crippen LogP contribution in [0.1, 0.15) is 29.0 Å². The predicted octanol–water partition coefficient (Wildman–Crippen LogP) is 2.91. The molecule has 0 aliphatic carbocycles. The molecule has 2 atom stereocenters. The number of hydrogen-bond acceptors (Lipinski definition) is 5. The average Bonchev–Trinajstić information content (AvgIpc) is 2.73. The number of carbonyl (C=O) groups excluding carboxylic acids is 1. The minimum absolute atomic E-state index is 0.254. The summed E-state index contributed by atoms with van der Waals surface area (Å²) in [4.78, 5) is 18.2. The van der Waals surface area contributed by atoms with Crippen LogP contribution in [0.4, 0.5) is 5.69 Å². The highest BCUT2D eigenvalue weighted by molar-refractivity contribution is 6.15. The molecule has 0 unspecified atom stereocenters. The van der Waals surface area contributed by atoms with Crippen LogP contribution < -0.4 is 14.8 Å². The maximum absolute atomic E-state index is 10.7. The van der Waals surface area contributed by atoms with Gasteiger partial charge in [0.2, 0.25) is 6.41 Å². The van der Waals surface area contributed by atoms with Crippen LogP contribution in [-0.4, -0.2) is 57.4 Å². The van der Waals surface area contributed by atoms with Crippen LogP contribution in [-0.2, 0) is 4.79 Å². The molecule has 1 saturated heterocycles. The van der Waals surface area contributed by atoms with Crippen LogP contribution >= 0.6 is 0 Å². The average molecular weight is 379 g/mol. The molecule has 6 nitrogen and oxygen atoms in total. The molecule has 0 spiro atoms. The number of benzene rings is 2. The molecule has 2 aromatic carbocycles. The Labute approximate surface area is 165 Å². The van der Waals surface area contributed by atoms with Crippen molar-refractivity contribution in [1.82, 2.24) is 4.90 Å². The van der Waals surface area contributed by atoms with Crippen molar-refractivity contribution in [2.75, 3.05) is 39.7 Å². The Kier molecular flexibility index (Phi) is 5.05. The summed E-state index contributed by atoms with van der Waals surface area (Å²) in [6.07, 6.45) is 1.71. The SMILES string of the molecule is COc1cc2c(cc1OC)[C@H]1CN(C)CC[C@H]1N=C2c1ccc(NC=O)cc1. The Morgan fingerprint density at radius 3 is 2.54 bits per heavy atom. The second kappa shape index (κ2) is 7.64. The van der Waals surface area contributed by atoms with E-state index in [1.54, 1.807) is 14.2 Å². The van der Waals surface area contributed by atoms with Crippen molar-refractivity contribution in [3.63, 3.8) is 0 Å². The van der Waals surface area contributed by atoms with Crippen molar-refractivity contribution in [2.24, 2.45) is 4.99 Å². The fourth-order valence-electron chi connectivity index (χ4n) is 4.23. The lowest BCUT2D eigenvalue weighted by molar-refractivity contribution is -0.105. The summed E-state index contributed by atoms with van der Waals surface area (Å²) >= 11 is 0. The lowest BCUT2D eigenvalue weighted by Crippen LogP contribution is -2.41. The first-order valence-electron chi connectivity index (χ1n) is 9.48. The number of ether oxygens (including phenoxy) is 2. The first-order valence-corrected chi connectivity index (χ1v) is 9.48. The van der Waals surface area contributed by atoms with Gasteiger partial charge in [0.05, 0.1) is 26.0 Å². The molecule has 0 saturated carbocycles. The number of anilines is 1. The molecule has 1 fully saturated rings. The van der Waals surface area contributed by atoms with Crippen molar-refractivity contribution >= 4 is 17.8 Å². The third-order valence-corrected chi connectivity index (χ3v) is 5.67. The van der Waals surface area contributed by atoms with Crippen molar-refractivity contribution in [3.8, 4) is 11.5 Å². The molecule has 2 heterocycles. The van der Waals surface area contributed by atoms with Crippen LogP contribution in [0, 0.1) is 0 Å². The third-order valence-electron chi connectivity index (χ3n) is 5.67. The molecule has 0 bridgehead atoms. The molecule has 0 aromatic heterocycles. The zero-order valence-electron chi connectivity index (χ0n) is 16.4. The third kappa shape index (κ3) is 3.24. The molecule has 6 heteroatoms. The van der Waals surface area contributed by atoms with E-state index in [1.165, 1.54) is 5.56 Å². The molecule has 0 radical (unpaired) electrons. The molecule has 4 rings (SSSR count). The summed E-state index contributed by atoms with van der Waals surface area (Å²) in [5.41, 5.74) is 5.11. The Bertz CT molecular complexity index is 908. The van der Waals surface area contributed by atoms with Crippen molar-refractivity contribution < 1.29 is 14.3 Å². The molecule has 28 heavy (non-hydrogen) atoms. The molecule has 1 N–H and O–H groups in total. The van der Waals surface area contributed by atoms with E-state index in [0.29, 0.717) is 18.1 Å². The molecule has 2 aromatic rings. The Balaban J connectivity index is 1.84. The lowest BCUT2D eigenvalue weighted by atomic mass is 9.79. The van der Waals surface area contributed by atoms with Crippen LogP contribution in [0.5, 0.6) is 11.5 Å².